The fourth-order valence-corrected chi connectivity index (χ4v) is 7.89. The number of allylic oxidation sites excluding steroid dienone is 12. The number of unbranched alkanes of at least 4 members (excludes halogenated alkanes) is 28. The van der Waals surface area contributed by atoms with Crippen LogP contribution in [0.1, 0.15) is 278 Å². The molecule has 0 saturated heterocycles. The molecule has 0 spiro atoms. The molecule has 6 nitrogen and oxygen atoms in total. The van der Waals surface area contributed by atoms with Crippen molar-refractivity contribution in [2.75, 3.05) is 13.2 Å². The molecule has 0 saturated carbocycles. The van der Waals surface area contributed by atoms with Crippen LogP contribution < -0.4 is 0 Å². The van der Waals surface area contributed by atoms with E-state index in [-0.39, 0.29) is 37.5 Å². The standard InChI is InChI=1S/C61H106O6/c1-4-7-10-13-16-19-22-25-28-29-30-31-34-36-39-42-45-48-51-54-60(63)66-57-58(67-61(64)55-52-49-46-43-40-37-33-27-24-21-18-15-12-9-6-3)56-65-59(62)53-50-47-44-41-38-35-32-26-23-20-17-14-11-8-5-2/h9,12,18,21,26-27,29-30,32-33,40,43,58H,4-8,10-11,13-17,19-20,22-25,28,31,34-39,41-42,44-57H2,1-3H3/b12-9-,21-18-,30-29-,32-26-,33-27-,43-40-/t58-/m1/s1. The summed E-state index contributed by atoms with van der Waals surface area (Å²) in [6, 6.07) is 0. The summed E-state index contributed by atoms with van der Waals surface area (Å²) in [6.07, 6.45) is 70.4. The van der Waals surface area contributed by atoms with Gasteiger partial charge >= 0.3 is 17.9 Å². The number of hydrogen-bond acceptors (Lipinski definition) is 6. The molecule has 1 atom stereocenters. The van der Waals surface area contributed by atoms with Crippen molar-refractivity contribution in [3.05, 3.63) is 72.9 Å². The second-order valence-electron chi connectivity index (χ2n) is 18.8. The number of hydrogen-bond donors (Lipinski definition) is 0. The molecule has 67 heavy (non-hydrogen) atoms. The molecule has 0 aromatic heterocycles. The molecule has 0 aliphatic carbocycles. The first-order valence-corrected chi connectivity index (χ1v) is 28.4. The minimum Gasteiger partial charge on any atom is -0.462 e. The lowest BCUT2D eigenvalue weighted by molar-refractivity contribution is -0.167. The molecule has 0 heterocycles. The zero-order chi connectivity index (χ0) is 48.6. The Morgan fingerprint density at radius 2 is 0.582 bits per heavy atom. The lowest BCUT2D eigenvalue weighted by Crippen LogP contribution is -2.30. The van der Waals surface area contributed by atoms with Gasteiger partial charge in [0.2, 0.25) is 0 Å². The van der Waals surface area contributed by atoms with Crippen LogP contribution in [-0.2, 0) is 28.6 Å². The molecule has 0 unspecified atom stereocenters. The lowest BCUT2D eigenvalue weighted by atomic mass is 10.1. The summed E-state index contributed by atoms with van der Waals surface area (Å²) in [6.45, 7) is 6.49. The van der Waals surface area contributed by atoms with Crippen LogP contribution in [0.15, 0.2) is 72.9 Å². The van der Waals surface area contributed by atoms with E-state index >= 15 is 0 Å². The average Bonchev–Trinajstić information content (AvgIpc) is 3.33. The van der Waals surface area contributed by atoms with Crippen molar-refractivity contribution in [2.24, 2.45) is 0 Å². The maximum atomic E-state index is 12.8. The average molecular weight is 936 g/mol. The molecular formula is C61H106O6. The Hall–Kier alpha value is -3.15. The number of rotatable bonds is 51. The van der Waals surface area contributed by atoms with E-state index in [1.165, 1.54) is 148 Å². The number of carbonyl (C=O) groups excluding carboxylic acids is 3. The highest BCUT2D eigenvalue weighted by atomic mass is 16.6. The highest BCUT2D eigenvalue weighted by molar-refractivity contribution is 5.71. The zero-order valence-corrected chi connectivity index (χ0v) is 44.2. The molecular weight excluding hydrogens is 829 g/mol. The third-order valence-electron chi connectivity index (χ3n) is 12.2. The van der Waals surface area contributed by atoms with Gasteiger partial charge in [0.1, 0.15) is 13.2 Å². The maximum Gasteiger partial charge on any atom is 0.306 e. The molecule has 0 aromatic rings. The Morgan fingerprint density at radius 3 is 0.955 bits per heavy atom. The molecule has 6 heteroatoms. The third kappa shape index (κ3) is 53.7. The summed E-state index contributed by atoms with van der Waals surface area (Å²) in [5, 5.41) is 0. The largest absolute Gasteiger partial charge is 0.462 e. The van der Waals surface area contributed by atoms with E-state index in [4.69, 9.17) is 14.2 Å². The van der Waals surface area contributed by atoms with Crippen LogP contribution in [0.2, 0.25) is 0 Å². The SMILES string of the molecule is CC/C=C\C/C=C\C/C=C\C/C=C\CCCCC(=O)O[C@H](COC(=O)CCCCCCC/C=C\CCCCCCCC)COC(=O)CCCCCCCCC/C=C\CCCCCCCCCC. The van der Waals surface area contributed by atoms with Crippen molar-refractivity contribution in [3.63, 3.8) is 0 Å². The Labute approximate surface area is 414 Å². The molecule has 0 amide bonds. The predicted octanol–water partition coefficient (Wildman–Crippen LogP) is 19.0. The second-order valence-corrected chi connectivity index (χ2v) is 18.8. The van der Waals surface area contributed by atoms with Gasteiger partial charge in [-0.1, -0.05) is 222 Å². The molecule has 386 valence electrons. The molecule has 0 rings (SSSR count). The van der Waals surface area contributed by atoms with Crippen molar-refractivity contribution >= 4 is 17.9 Å². The quantitative estimate of drug-likeness (QED) is 0.0262. The van der Waals surface area contributed by atoms with Gasteiger partial charge in [-0.3, -0.25) is 14.4 Å². The molecule has 0 bridgehead atoms. The van der Waals surface area contributed by atoms with Crippen LogP contribution in [-0.4, -0.2) is 37.2 Å². The van der Waals surface area contributed by atoms with Gasteiger partial charge in [-0.15, -0.1) is 0 Å². The zero-order valence-electron chi connectivity index (χ0n) is 44.2. The number of ether oxygens (including phenoxy) is 3. The minimum atomic E-state index is -0.802. The van der Waals surface area contributed by atoms with Gasteiger partial charge in [-0.2, -0.15) is 0 Å². The summed E-state index contributed by atoms with van der Waals surface area (Å²) < 4.78 is 16.8. The molecule has 0 fully saturated rings. The van der Waals surface area contributed by atoms with E-state index in [1.807, 2.05) is 0 Å². The Kier molecular flexibility index (Phi) is 52.8. The Balaban J connectivity index is 4.43. The second kappa shape index (κ2) is 55.4. The summed E-state index contributed by atoms with van der Waals surface area (Å²) in [7, 11) is 0. The van der Waals surface area contributed by atoms with Gasteiger partial charge in [0, 0.05) is 19.3 Å². The molecule has 0 aromatic carbocycles. The van der Waals surface area contributed by atoms with Gasteiger partial charge in [-0.25, -0.2) is 0 Å². The minimum absolute atomic E-state index is 0.0964. The molecule has 0 radical (unpaired) electrons. The van der Waals surface area contributed by atoms with Crippen LogP contribution in [0.5, 0.6) is 0 Å². The van der Waals surface area contributed by atoms with Gasteiger partial charge < -0.3 is 14.2 Å². The molecule has 0 aliphatic rings. The van der Waals surface area contributed by atoms with Crippen LogP contribution in [0.4, 0.5) is 0 Å². The van der Waals surface area contributed by atoms with Crippen LogP contribution in [0, 0.1) is 0 Å². The van der Waals surface area contributed by atoms with Crippen molar-refractivity contribution in [1.82, 2.24) is 0 Å². The van der Waals surface area contributed by atoms with E-state index in [2.05, 4.69) is 93.7 Å². The Morgan fingerprint density at radius 1 is 0.313 bits per heavy atom. The summed E-state index contributed by atoms with van der Waals surface area (Å²) in [5.74, 6) is -0.944. The monoisotopic (exact) mass is 935 g/mol. The lowest BCUT2D eigenvalue weighted by Gasteiger charge is -2.18. The van der Waals surface area contributed by atoms with E-state index < -0.39 is 6.10 Å². The van der Waals surface area contributed by atoms with E-state index in [1.54, 1.807) is 0 Å². The third-order valence-corrected chi connectivity index (χ3v) is 12.2. The van der Waals surface area contributed by atoms with Crippen molar-refractivity contribution in [1.29, 1.82) is 0 Å². The van der Waals surface area contributed by atoms with Crippen molar-refractivity contribution in [2.45, 2.75) is 284 Å². The number of esters is 3. The summed E-state index contributed by atoms with van der Waals surface area (Å²) in [4.78, 5) is 38.1. The Bertz CT molecular complexity index is 1260. The van der Waals surface area contributed by atoms with E-state index in [0.29, 0.717) is 19.3 Å². The maximum absolute atomic E-state index is 12.8. The summed E-state index contributed by atoms with van der Waals surface area (Å²) >= 11 is 0. The first-order valence-electron chi connectivity index (χ1n) is 28.4. The first kappa shape index (κ1) is 63.8. The predicted molar refractivity (Wildman–Crippen MR) is 288 cm³/mol. The summed E-state index contributed by atoms with van der Waals surface area (Å²) in [5.41, 5.74) is 0. The highest BCUT2D eigenvalue weighted by Crippen LogP contribution is 2.15. The van der Waals surface area contributed by atoms with Crippen molar-refractivity contribution < 1.29 is 28.6 Å². The van der Waals surface area contributed by atoms with Crippen molar-refractivity contribution in [3.8, 4) is 0 Å². The van der Waals surface area contributed by atoms with Crippen LogP contribution in [0.25, 0.3) is 0 Å². The fraction of sp³-hybridized carbons (Fsp3) is 0.754. The topological polar surface area (TPSA) is 78.9 Å². The smallest absolute Gasteiger partial charge is 0.306 e. The van der Waals surface area contributed by atoms with Crippen LogP contribution in [0.3, 0.4) is 0 Å². The molecule has 0 N–H and O–H groups in total. The van der Waals surface area contributed by atoms with Gasteiger partial charge in [-0.05, 0) is 109 Å². The number of carbonyl (C=O) groups is 3. The highest BCUT2D eigenvalue weighted by Gasteiger charge is 2.19. The normalized spacial score (nSPS) is 12.6. The van der Waals surface area contributed by atoms with E-state index in [0.717, 1.165) is 83.5 Å². The first-order chi connectivity index (χ1) is 33.0. The van der Waals surface area contributed by atoms with Gasteiger partial charge in [0.25, 0.3) is 0 Å². The van der Waals surface area contributed by atoms with E-state index in [9.17, 15) is 14.4 Å². The fourth-order valence-electron chi connectivity index (χ4n) is 7.89. The van der Waals surface area contributed by atoms with Crippen LogP contribution >= 0.6 is 0 Å². The van der Waals surface area contributed by atoms with Gasteiger partial charge in [0.05, 0.1) is 0 Å². The van der Waals surface area contributed by atoms with Gasteiger partial charge in [0.15, 0.2) is 6.10 Å². The molecule has 0 aliphatic heterocycles.